The van der Waals surface area contributed by atoms with Crippen molar-refractivity contribution >= 4 is 0 Å². The van der Waals surface area contributed by atoms with E-state index in [0.717, 1.165) is 5.69 Å². The maximum absolute atomic E-state index is 5.10. The summed E-state index contributed by atoms with van der Waals surface area (Å²) in [6.45, 7) is 4.48. The van der Waals surface area contributed by atoms with E-state index in [9.17, 15) is 0 Å². The predicted octanol–water partition coefficient (Wildman–Crippen LogP) is 4.34. The fourth-order valence-electron chi connectivity index (χ4n) is 2.29. The molecule has 0 amide bonds. The molecule has 0 aliphatic carbocycles. The average molecular weight is 250 g/mol. The summed E-state index contributed by atoms with van der Waals surface area (Å²) in [7, 11) is 1.62. The molecule has 18 heavy (non-hydrogen) atoms. The lowest BCUT2D eigenvalue weighted by Gasteiger charge is -2.15. The van der Waals surface area contributed by atoms with Crippen LogP contribution in [0.5, 0.6) is 6.01 Å². The summed E-state index contributed by atoms with van der Waals surface area (Å²) in [6.07, 6.45) is 10.7. The minimum atomic E-state index is 0.488. The zero-order chi connectivity index (χ0) is 13.2. The zero-order valence-corrected chi connectivity index (χ0v) is 12.0. The van der Waals surface area contributed by atoms with Gasteiger partial charge in [0.15, 0.2) is 0 Å². The van der Waals surface area contributed by atoms with Gasteiger partial charge >= 0.3 is 6.01 Å². The van der Waals surface area contributed by atoms with E-state index in [0.29, 0.717) is 11.9 Å². The van der Waals surface area contributed by atoms with E-state index < -0.39 is 0 Å². The SMILES string of the molecule is CCCCCCC(CCC)c1ccnc(OC)n1. The Labute approximate surface area is 111 Å². The molecule has 0 aliphatic heterocycles. The summed E-state index contributed by atoms with van der Waals surface area (Å²) in [5.74, 6) is 0.559. The van der Waals surface area contributed by atoms with Crippen LogP contribution in [0.3, 0.4) is 0 Å². The van der Waals surface area contributed by atoms with Crippen LogP contribution in [0.1, 0.15) is 70.4 Å². The number of nitrogens with zero attached hydrogens (tertiary/aromatic N) is 2. The molecule has 0 aromatic carbocycles. The van der Waals surface area contributed by atoms with Gasteiger partial charge in [-0.2, -0.15) is 4.98 Å². The zero-order valence-electron chi connectivity index (χ0n) is 12.0. The molecule has 1 unspecified atom stereocenters. The Kier molecular flexibility index (Phi) is 7.38. The number of unbranched alkanes of at least 4 members (excludes halogenated alkanes) is 3. The second-order valence-corrected chi connectivity index (χ2v) is 4.80. The lowest BCUT2D eigenvalue weighted by Crippen LogP contribution is -2.04. The van der Waals surface area contributed by atoms with E-state index in [-0.39, 0.29) is 0 Å². The molecule has 0 radical (unpaired) electrons. The van der Waals surface area contributed by atoms with Crippen LogP contribution in [-0.2, 0) is 0 Å². The summed E-state index contributed by atoms with van der Waals surface area (Å²) in [4.78, 5) is 8.55. The third kappa shape index (κ3) is 5.03. The number of methoxy groups -OCH3 is 1. The smallest absolute Gasteiger partial charge is 0.316 e. The molecule has 0 bridgehead atoms. The third-order valence-corrected chi connectivity index (χ3v) is 3.30. The lowest BCUT2D eigenvalue weighted by atomic mass is 9.93. The Bertz CT molecular complexity index is 328. The van der Waals surface area contributed by atoms with Crippen LogP contribution >= 0.6 is 0 Å². The first kappa shape index (κ1) is 14.9. The first-order valence-electron chi connectivity index (χ1n) is 7.18. The fourth-order valence-corrected chi connectivity index (χ4v) is 2.29. The maximum atomic E-state index is 5.10. The van der Waals surface area contributed by atoms with Crippen LogP contribution < -0.4 is 4.74 Å². The summed E-state index contributed by atoms with van der Waals surface area (Å²) >= 11 is 0. The van der Waals surface area contributed by atoms with Gasteiger partial charge in [0.1, 0.15) is 0 Å². The van der Waals surface area contributed by atoms with Crippen LogP contribution in [-0.4, -0.2) is 17.1 Å². The van der Waals surface area contributed by atoms with Crippen molar-refractivity contribution < 1.29 is 4.74 Å². The van der Waals surface area contributed by atoms with Crippen LogP contribution in [0, 0.1) is 0 Å². The van der Waals surface area contributed by atoms with Crippen molar-refractivity contribution in [2.75, 3.05) is 7.11 Å². The molecule has 0 fully saturated rings. The molecule has 3 heteroatoms. The summed E-state index contributed by atoms with van der Waals surface area (Å²) in [6, 6.07) is 2.52. The molecule has 1 aromatic rings. The van der Waals surface area contributed by atoms with Gasteiger partial charge in [0.25, 0.3) is 0 Å². The van der Waals surface area contributed by atoms with Gasteiger partial charge in [-0.15, -0.1) is 0 Å². The summed E-state index contributed by atoms with van der Waals surface area (Å²) < 4.78 is 5.10. The van der Waals surface area contributed by atoms with E-state index in [2.05, 4.69) is 23.8 Å². The van der Waals surface area contributed by atoms with Crippen LogP contribution in [0.4, 0.5) is 0 Å². The second kappa shape index (κ2) is 8.90. The normalized spacial score (nSPS) is 12.4. The van der Waals surface area contributed by atoms with Crippen LogP contribution in [0.2, 0.25) is 0 Å². The first-order valence-corrected chi connectivity index (χ1v) is 7.18. The third-order valence-electron chi connectivity index (χ3n) is 3.30. The Morgan fingerprint density at radius 2 is 1.94 bits per heavy atom. The number of rotatable bonds is 9. The number of ether oxygens (including phenoxy) is 1. The molecule has 1 aromatic heterocycles. The molecule has 0 spiro atoms. The van der Waals surface area contributed by atoms with Gasteiger partial charge in [-0.05, 0) is 18.9 Å². The molecule has 1 atom stereocenters. The standard InChI is InChI=1S/C15H26N2O/c1-4-6-7-8-10-13(9-5-2)14-11-12-16-15(17-14)18-3/h11-13H,4-10H2,1-3H3. The summed E-state index contributed by atoms with van der Waals surface area (Å²) in [5.41, 5.74) is 1.14. The maximum Gasteiger partial charge on any atom is 0.316 e. The Balaban J connectivity index is 2.58. The number of hydrogen-bond donors (Lipinski definition) is 0. The average Bonchev–Trinajstić information content (AvgIpc) is 2.42. The highest BCUT2D eigenvalue weighted by Crippen LogP contribution is 2.26. The molecule has 3 nitrogen and oxygen atoms in total. The molecule has 0 saturated carbocycles. The van der Waals surface area contributed by atoms with Crippen molar-refractivity contribution in [1.82, 2.24) is 9.97 Å². The van der Waals surface area contributed by atoms with Crippen molar-refractivity contribution in [2.24, 2.45) is 0 Å². The predicted molar refractivity (Wildman–Crippen MR) is 75.0 cm³/mol. The van der Waals surface area contributed by atoms with Gasteiger partial charge in [0.05, 0.1) is 12.8 Å². The van der Waals surface area contributed by atoms with Gasteiger partial charge in [-0.25, -0.2) is 4.98 Å². The first-order chi connectivity index (χ1) is 8.81. The highest BCUT2D eigenvalue weighted by Gasteiger charge is 2.13. The molecule has 102 valence electrons. The largest absolute Gasteiger partial charge is 0.467 e. The minimum Gasteiger partial charge on any atom is -0.467 e. The molecule has 0 saturated heterocycles. The van der Waals surface area contributed by atoms with Crippen molar-refractivity contribution in [1.29, 1.82) is 0 Å². The second-order valence-electron chi connectivity index (χ2n) is 4.80. The lowest BCUT2D eigenvalue weighted by molar-refractivity contribution is 0.374. The van der Waals surface area contributed by atoms with Crippen molar-refractivity contribution in [3.63, 3.8) is 0 Å². The van der Waals surface area contributed by atoms with Gasteiger partial charge < -0.3 is 4.74 Å². The van der Waals surface area contributed by atoms with Gasteiger partial charge in [0, 0.05) is 12.1 Å². The van der Waals surface area contributed by atoms with Crippen molar-refractivity contribution in [2.45, 2.75) is 64.7 Å². The molecule has 1 rings (SSSR count). The Morgan fingerprint density at radius 3 is 2.61 bits per heavy atom. The molecule has 0 N–H and O–H groups in total. The van der Waals surface area contributed by atoms with E-state index in [1.165, 1.54) is 44.9 Å². The molecular formula is C15H26N2O. The fraction of sp³-hybridized carbons (Fsp3) is 0.733. The Morgan fingerprint density at radius 1 is 1.11 bits per heavy atom. The van der Waals surface area contributed by atoms with Gasteiger partial charge in [0.2, 0.25) is 0 Å². The summed E-state index contributed by atoms with van der Waals surface area (Å²) in [5, 5.41) is 0. The topological polar surface area (TPSA) is 35.0 Å². The van der Waals surface area contributed by atoms with Crippen LogP contribution in [0.25, 0.3) is 0 Å². The number of hydrogen-bond acceptors (Lipinski definition) is 3. The Hall–Kier alpha value is -1.12. The van der Waals surface area contributed by atoms with Crippen molar-refractivity contribution in [3.8, 4) is 6.01 Å². The van der Waals surface area contributed by atoms with Gasteiger partial charge in [-0.3, -0.25) is 0 Å². The highest BCUT2D eigenvalue weighted by atomic mass is 16.5. The van der Waals surface area contributed by atoms with Gasteiger partial charge in [-0.1, -0.05) is 46.0 Å². The molecular weight excluding hydrogens is 224 g/mol. The quantitative estimate of drug-likeness (QED) is 0.611. The molecule has 0 aliphatic rings. The minimum absolute atomic E-state index is 0.488. The van der Waals surface area contributed by atoms with E-state index in [4.69, 9.17) is 4.74 Å². The monoisotopic (exact) mass is 250 g/mol. The van der Waals surface area contributed by atoms with Crippen LogP contribution in [0.15, 0.2) is 12.3 Å². The van der Waals surface area contributed by atoms with Crippen molar-refractivity contribution in [3.05, 3.63) is 18.0 Å². The van der Waals surface area contributed by atoms with E-state index >= 15 is 0 Å². The van der Waals surface area contributed by atoms with E-state index in [1.54, 1.807) is 13.3 Å². The number of aromatic nitrogens is 2. The van der Waals surface area contributed by atoms with E-state index in [1.807, 2.05) is 6.07 Å². The highest BCUT2D eigenvalue weighted by molar-refractivity contribution is 5.10. The molecule has 1 heterocycles.